The first-order valence-electron chi connectivity index (χ1n) is 22.6. The number of nitrogens with one attached hydrogen (secondary N) is 3. The van der Waals surface area contributed by atoms with Gasteiger partial charge in [0.25, 0.3) is 5.69 Å². The summed E-state index contributed by atoms with van der Waals surface area (Å²) in [5.41, 5.74) is 14.5. The van der Waals surface area contributed by atoms with Gasteiger partial charge >= 0.3 is 6.09 Å². The Hall–Kier alpha value is -6.46. The van der Waals surface area contributed by atoms with Crippen LogP contribution in [0.5, 0.6) is 0 Å². The molecule has 4 aliphatic rings. The number of carbonyl (C=O) groups excluding carboxylic acids is 3. The normalized spacial score (nSPS) is 19.5. The van der Waals surface area contributed by atoms with Crippen LogP contribution < -0.4 is 31.5 Å². The summed E-state index contributed by atoms with van der Waals surface area (Å²) < 4.78 is 8.88. The van der Waals surface area contributed by atoms with Gasteiger partial charge < -0.3 is 36.2 Å². The van der Waals surface area contributed by atoms with Crippen molar-refractivity contribution in [2.75, 3.05) is 33.5 Å². The van der Waals surface area contributed by atoms with Crippen molar-refractivity contribution in [2.24, 2.45) is 43.5 Å². The number of nitro groups is 1. The average molecular weight is 923 g/mol. The smallest absolute Gasteiger partial charge is 0.407 e. The summed E-state index contributed by atoms with van der Waals surface area (Å²) in [7, 11) is 3.81. The number of halogens is 1. The number of aromatic nitrogens is 4. The number of benzene rings is 3. The second-order valence-electron chi connectivity index (χ2n) is 18.0. The van der Waals surface area contributed by atoms with Gasteiger partial charge in [0.05, 0.1) is 53.2 Å². The van der Waals surface area contributed by atoms with Crippen LogP contribution >= 0.6 is 12.4 Å². The number of hydrogen-bond donors (Lipinski definition) is 4. The Morgan fingerprint density at radius 1 is 0.742 bits per heavy atom. The van der Waals surface area contributed by atoms with E-state index in [1.54, 1.807) is 16.8 Å². The Morgan fingerprint density at radius 2 is 1.21 bits per heavy atom. The number of nitro benzene ring substituents is 1. The molecule has 0 saturated heterocycles. The number of rotatable bonds is 8. The van der Waals surface area contributed by atoms with E-state index in [1.165, 1.54) is 12.1 Å². The molecule has 17 nitrogen and oxygen atoms in total. The number of fused-ring (bicyclic) bond motifs is 4. The molecule has 5 aromatic rings. The Balaban J connectivity index is 0.000000209. The number of non-ortho nitro benzene ring substituents is 1. The van der Waals surface area contributed by atoms with Gasteiger partial charge in [0.2, 0.25) is 11.8 Å². The molecule has 2 saturated carbocycles. The molecule has 350 valence electrons. The van der Waals surface area contributed by atoms with Crippen LogP contribution in [0.25, 0.3) is 0 Å². The number of ether oxygens (including phenoxy) is 1. The standard InChI is InChI=1S/C28H32N6O5.C20H27N5O.ClH/c1-18-3-12-25-24(13-18)31-26-22(15-30-32(26)2)16-33(25)27(35)21-8-4-19(5-9-21)14-29-28(36)39-17-20-6-10-23(11-7-20)34(37)38;1-13-3-8-18-17(9-13)23-19-16(11-22-24(19)2)12-25(18)20(26)15-6-4-14(10-21)5-7-15;/h3,6-7,10-13,15,19,21,31H,4-5,8-9,14,16-17H2,1-2H3,(H,29,36);3,8-9,11,14-15,23H,4-7,10,12,21H2,1-2H3;1H. The van der Waals surface area contributed by atoms with E-state index in [1.807, 2.05) is 60.0 Å². The van der Waals surface area contributed by atoms with E-state index in [9.17, 15) is 24.5 Å². The number of carbonyl (C=O) groups is 3. The fourth-order valence-corrected chi connectivity index (χ4v) is 9.49. The van der Waals surface area contributed by atoms with Crippen molar-refractivity contribution in [3.05, 3.63) is 111 Å². The zero-order valence-corrected chi connectivity index (χ0v) is 38.8. The van der Waals surface area contributed by atoms with Crippen LogP contribution in [-0.2, 0) is 48.1 Å². The topological polar surface area (TPSA) is 208 Å². The lowest BCUT2D eigenvalue weighted by Gasteiger charge is -2.32. The zero-order chi connectivity index (χ0) is 45.8. The van der Waals surface area contributed by atoms with E-state index in [2.05, 4.69) is 57.3 Å². The van der Waals surface area contributed by atoms with Gasteiger partial charge in [-0.15, -0.1) is 12.4 Å². The van der Waals surface area contributed by atoms with Gasteiger partial charge in [-0.3, -0.25) is 29.1 Å². The highest BCUT2D eigenvalue weighted by molar-refractivity contribution is 6.00. The van der Waals surface area contributed by atoms with Crippen LogP contribution in [0.1, 0.15) is 79.2 Å². The van der Waals surface area contributed by atoms with Crippen LogP contribution in [0, 0.1) is 47.6 Å². The van der Waals surface area contributed by atoms with Crippen LogP contribution in [0.2, 0.25) is 0 Å². The van der Waals surface area contributed by atoms with Crippen molar-refractivity contribution in [3.8, 4) is 0 Å². The van der Waals surface area contributed by atoms with E-state index in [0.29, 0.717) is 31.1 Å². The predicted octanol–water partition coefficient (Wildman–Crippen LogP) is 8.47. The first-order valence-corrected chi connectivity index (χ1v) is 22.6. The van der Waals surface area contributed by atoms with Gasteiger partial charge in [0.1, 0.15) is 18.2 Å². The van der Waals surface area contributed by atoms with Gasteiger partial charge in [-0.05, 0) is 137 Å². The van der Waals surface area contributed by atoms with E-state index in [-0.39, 0.29) is 54.3 Å². The molecule has 3 amide bonds. The minimum absolute atomic E-state index is 0. The zero-order valence-electron chi connectivity index (χ0n) is 38.0. The van der Waals surface area contributed by atoms with Crippen LogP contribution in [0.4, 0.5) is 44.9 Å². The van der Waals surface area contributed by atoms with Crippen molar-refractivity contribution >= 4 is 70.4 Å². The average Bonchev–Trinajstić information content (AvgIpc) is 3.71. The second kappa shape index (κ2) is 20.8. The molecule has 2 aliphatic heterocycles. The number of anilines is 6. The lowest BCUT2D eigenvalue weighted by molar-refractivity contribution is -0.384. The minimum Gasteiger partial charge on any atom is -0.445 e. The molecule has 0 radical (unpaired) electrons. The molecule has 5 N–H and O–H groups in total. The van der Waals surface area contributed by atoms with Crippen LogP contribution in [-0.4, -0.2) is 55.5 Å². The maximum Gasteiger partial charge on any atom is 0.407 e. The number of aryl methyl sites for hydroxylation is 4. The monoisotopic (exact) mass is 921 g/mol. The summed E-state index contributed by atoms with van der Waals surface area (Å²) >= 11 is 0. The van der Waals surface area contributed by atoms with Crippen molar-refractivity contribution in [1.29, 1.82) is 0 Å². The summed E-state index contributed by atoms with van der Waals surface area (Å²) in [6.07, 6.45) is 10.3. The number of nitrogens with two attached hydrogens (primary N) is 1. The first-order chi connectivity index (χ1) is 31.3. The van der Waals surface area contributed by atoms with E-state index in [0.717, 1.165) is 115 Å². The van der Waals surface area contributed by atoms with Gasteiger partial charge in [0.15, 0.2) is 0 Å². The third-order valence-electron chi connectivity index (χ3n) is 13.4. The Morgan fingerprint density at radius 3 is 1.67 bits per heavy atom. The third-order valence-corrected chi connectivity index (χ3v) is 13.4. The summed E-state index contributed by atoms with van der Waals surface area (Å²) in [4.78, 5) is 53.5. The maximum absolute atomic E-state index is 13.8. The van der Waals surface area contributed by atoms with Gasteiger partial charge in [-0.2, -0.15) is 10.2 Å². The minimum atomic E-state index is -0.525. The highest BCUT2D eigenvalue weighted by atomic mass is 35.5. The third kappa shape index (κ3) is 10.6. The molecule has 2 aromatic heterocycles. The summed E-state index contributed by atoms with van der Waals surface area (Å²) in [5, 5.41) is 29.3. The number of amides is 3. The SMILES string of the molecule is Cc1ccc2c(c1)Nc1c(cnn1C)CN2C(=O)C1CCC(CN)CC1.Cc1ccc2c(c1)Nc1c(cnn1C)CN2C(=O)C1CCC(CNC(=O)OCc2ccc([N+](=O)[O-])cc2)CC1.Cl. The quantitative estimate of drug-likeness (QED) is 0.0858. The molecule has 0 unspecified atom stereocenters. The molecule has 18 heteroatoms. The Kier molecular flexibility index (Phi) is 15.0. The molecule has 9 rings (SSSR count). The van der Waals surface area contributed by atoms with Crippen molar-refractivity contribution in [1.82, 2.24) is 24.9 Å². The molecule has 3 aromatic carbocycles. The highest BCUT2D eigenvalue weighted by Gasteiger charge is 2.35. The fraction of sp³-hybridized carbons (Fsp3) is 0.438. The first kappa shape index (κ1) is 47.5. The van der Waals surface area contributed by atoms with Crippen molar-refractivity contribution in [3.63, 3.8) is 0 Å². The Labute approximate surface area is 391 Å². The highest BCUT2D eigenvalue weighted by Crippen LogP contribution is 2.41. The molecule has 2 fully saturated rings. The molecular weight excluding hydrogens is 862 g/mol. The summed E-state index contributed by atoms with van der Waals surface area (Å²) in [5.74, 6) is 3.05. The Bertz CT molecular complexity index is 2540. The number of alkyl carbamates (subject to hydrolysis) is 1. The molecule has 2 aliphatic carbocycles. The van der Waals surface area contributed by atoms with Gasteiger partial charge in [0, 0.05) is 55.7 Å². The van der Waals surface area contributed by atoms with Crippen molar-refractivity contribution in [2.45, 2.75) is 84.9 Å². The molecule has 0 bridgehead atoms. The summed E-state index contributed by atoms with van der Waals surface area (Å²) in [6.45, 7) is 6.37. The lowest BCUT2D eigenvalue weighted by Crippen LogP contribution is -2.38. The second-order valence-corrected chi connectivity index (χ2v) is 18.0. The molecule has 66 heavy (non-hydrogen) atoms. The van der Waals surface area contributed by atoms with E-state index >= 15 is 0 Å². The largest absolute Gasteiger partial charge is 0.445 e. The van der Waals surface area contributed by atoms with E-state index in [4.69, 9.17) is 10.5 Å². The number of nitrogens with zero attached hydrogens (tertiary/aromatic N) is 7. The summed E-state index contributed by atoms with van der Waals surface area (Å²) in [6, 6.07) is 18.2. The predicted molar refractivity (Wildman–Crippen MR) is 256 cm³/mol. The van der Waals surface area contributed by atoms with Crippen LogP contribution in [0.15, 0.2) is 73.1 Å². The fourth-order valence-electron chi connectivity index (χ4n) is 9.49. The van der Waals surface area contributed by atoms with E-state index < -0.39 is 11.0 Å². The molecule has 4 heterocycles. The van der Waals surface area contributed by atoms with Crippen molar-refractivity contribution < 1.29 is 24.0 Å². The maximum atomic E-state index is 13.8. The van der Waals surface area contributed by atoms with Gasteiger partial charge in [-0.1, -0.05) is 12.1 Å². The molecule has 0 atom stereocenters. The molecule has 0 spiro atoms. The van der Waals surface area contributed by atoms with Gasteiger partial charge in [-0.25, -0.2) is 4.79 Å². The van der Waals surface area contributed by atoms with Crippen LogP contribution in [0.3, 0.4) is 0 Å². The molecular formula is C48H60ClN11O6. The lowest BCUT2D eigenvalue weighted by atomic mass is 9.81. The number of hydrogen-bond acceptors (Lipinski definition) is 11.